The quantitative estimate of drug-likeness (QED) is 0.605. The number of carboxylic acid groups (broad SMARTS) is 1. The molecule has 1 aliphatic heterocycles. The van der Waals surface area contributed by atoms with Crippen molar-refractivity contribution in [1.29, 1.82) is 0 Å². The molecule has 9 heteroatoms. The van der Waals surface area contributed by atoms with Crippen LogP contribution in [0.25, 0.3) is 5.57 Å². The fourth-order valence-corrected chi connectivity index (χ4v) is 4.49. The molecule has 0 radical (unpaired) electrons. The van der Waals surface area contributed by atoms with Crippen LogP contribution in [0.1, 0.15) is 41.2 Å². The van der Waals surface area contributed by atoms with Crippen LogP contribution in [0.15, 0.2) is 58.2 Å². The van der Waals surface area contributed by atoms with Crippen LogP contribution in [-0.2, 0) is 14.2 Å². The van der Waals surface area contributed by atoms with Gasteiger partial charge in [0, 0.05) is 49.5 Å². The van der Waals surface area contributed by atoms with E-state index in [9.17, 15) is 19.1 Å². The van der Waals surface area contributed by atoms with E-state index in [2.05, 4.69) is 0 Å². The van der Waals surface area contributed by atoms with Crippen LogP contribution in [0.2, 0.25) is 0 Å². The van der Waals surface area contributed by atoms with Gasteiger partial charge in [0.15, 0.2) is 11.7 Å². The normalized spacial score (nSPS) is 21.8. The van der Waals surface area contributed by atoms with Gasteiger partial charge < -0.3 is 23.9 Å². The maximum atomic E-state index is 14.8. The molecule has 0 bridgehead atoms. The Morgan fingerprint density at radius 2 is 2.06 bits per heavy atom. The van der Waals surface area contributed by atoms with Crippen LogP contribution < -0.4 is 5.43 Å². The van der Waals surface area contributed by atoms with E-state index in [1.54, 1.807) is 31.4 Å². The number of allylic oxidation sites excluding steroid dienone is 2. The molecule has 1 aliphatic carbocycles. The third kappa shape index (κ3) is 4.34. The van der Waals surface area contributed by atoms with Crippen LogP contribution in [-0.4, -0.2) is 42.1 Å². The molecule has 3 atom stereocenters. The van der Waals surface area contributed by atoms with Gasteiger partial charge in [-0.05, 0) is 12.1 Å². The lowest BCUT2D eigenvalue weighted by Crippen LogP contribution is -2.39. The number of fused-ring (bicyclic) bond motifs is 3. The molecule has 174 valence electrons. The Labute approximate surface area is 194 Å². The Morgan fingerprint density at radius 3 is 2.76 bits per heavy atom. The zero-order chi connectivity index (χ0) is 23.7. The van der Waals surface area contributed by atoms with Crippen LogP contribution in [0, 0.1) is 11.7 Å². The van der Waals surface area contributed by atoms with Gasteiger partial charge in [0.25, 0.3) is 0 Å². The molecule has 33 heavy (non-hydrogen) atoms. The van der Waals surface area contributed by atoms with E-state index in [0.29, 0.717) is 41.7 Å². The van der Waals surface area contributed by atoms with Crippen molar-refractivity contribution >= 4 is 23.1 Å². The van der Waals surface area contributed by atoms with Gasteiger partial charge in [-0.1, -0.05) is 36.7 Å². The molecule has 2 aromatic rings. The van der Waals surface area contributed by atoms with E-state index in [-0.39, 0.29) is 11.5 Å². The maximum Gasteiger partial charge on any atom is 0.341 e. The highest BCUT2D eigenvalue weighted by molar-refractivity contribution is 6.32. The molecule has 0 spiro atoms. The molecule has 1 N–H and O–H groups in total. The molecule has 3 unspecified atom stereocenters. The van der Waals surface area contributed by atoms with Crippen molar-refractivity contribution in [2.75, 3.05) is 20.3 Å². The summed E-state index contributed by atoms with van der Waals surface area (Å²) in [5, 5.41) is 9.82. The third-order valence-corrected chi connectivity index (χ3v) is 6.04. The second-order valence-corrected chi connectivity index (χ2v) is 8.28. The minimum absolute atomic E-state index is 0.216. The zero-order valence-corrected chi connectivity index (χ0v) is 18.8. The number of aromatic nitrogens is 1. The Morgan fingerprint density at radius 1 is 1.30 bits per heavy atom. The predicted molar refractivity (Wildman–Crippen MR) is 120 cm³/mol. The largest absolute Gasteiger partial charge is 0.496 e. The maximum absolute atomic E-state index is 14.8. The van der Waals surface area contributed by atoms with E-state index in [1.165, 1.54) is 22.9 Å². The second-order valence-electron chi connectivity index (χ2n) is 7.87. The van der Waals surface area contributed by atoms with Gasteiger partial charge in [0.05, 0.1) is 23.4 Å². The average Bonchev–Trinajstić information content (AvgIpc) is 2.78. The van der Waals surface area contributed by atoms with Crippen molar-refractivity contribution in [1.82, 2.24) is 4.57 Å². The number of methoxy groups -OCH3 is 1. The van der Waals surface area contributed by atoms with Gasteiger partial charge in [-0.3, -0.25) is 4.79 Å². The fraction of sp³-hybridized carbons (Fsp3) is 0.333. The highest BCUT2D eigenvalue weighted by atomic mass is 35.5. The predicted octanol–water partition coefficient (Wildman–Crippen LogP) is 4.17. The van der Waals surface area contributed by atoms with E-state index < -0.39 is 35.1 Å². The molecule has 0 saturated carbocycles. The van der Waals surface area contributed by atoms with Crippen molar-refractivity contribution in [3.8, 4) is 0 Å². The molecular weight excluding hydrogens is 453 g/mol. The molecule has 0 amide bonds. The van der Waals surface area contributed by atoms with Gasteiger partial charge in [0.2, 0.25) is 0 Å². The molecule has 0 saturated heterocycles. The SMILES string of the molecule is COCCCOC1=C(Cl)C=C2c3cc(=O)c(C(=O)O)cn3C(c3ccccc3F)OC2C1C. The summed E-state index contributed by atoms with van der Waals surface area (Å²) in [5.74, 6) is -1.69. The number of carbonyl (C=O) groups is 1. The minimum Gasteiger partial charge on any atom is -0.496 e. The van der Waals surface area contributed by atoms with Crippen LogP contribution >= 0.6 is 11.6 Å². The van der Waals surface area contributed by atoms with Gasteiger partial charge >= 0.3 is 5.97 Å². The second kappa shape index (κ2) is 9.51. The molecule has 7 nitrogen and oxygen atoms in total. The number of pyridine rings is 1. The Kier molecular flexibility index (Phi) is 6.69. The Hall–Kier alpha value is -2.94. The van der Waals surface area contributed by atoms with E-state index in [1.807, 2.05) is 6.92 Å². The highest BCUT2D eigenvalue weighted by Gasteiger charge is 2.41. The van der Waals surface area contributed by atoms with Gasteiger partial charge in [0.1, 0.15) is 17.1 Å². The third-order valence-electron chi connectivity index (χ3n) is 5.75. The first kappa shape index (κ1) is 23.2. The molecule has 4 rings (SSSR count). The van der Waals surface area contributed by atoms with Crippen molar-refractivity contribution in [3.63, 3.8) is 0 Å². The van der Waals surface area contributed by atoms with Gasteiger partial charge in [-0.2, -0.15) is 0 Å². The van der Waals surface area contributed by atoms with E-state index >= 15 is 0 Å². The first-order chi connectivity index (χ1) is 15.8. The van der Waals surface area contributed by atoms with Gasteiger partial charge in [-0.25, -0.2) is 9.18 Å². The molecule has 2 heterocycles. The summed E-state index contributed by atoms with van der Waals surface area (Å²) in [6.45, 7) is 2.82. The van der Waals surface area contributed by atoms with Crippen LogP contribution in [0.5, 0.6) is 0 Å². The summed E-state index contributed by atoms with van der Waals surface area (Å²) in [4.78, 5) is 24.1. The van der Waals surface area contributed by atoms with Gasteiger partial charge in [-0.15, -0.1) is 0 Å². The Balaban J connectivity index is 1.84. The smallest absolute Gasteiger partial charge is 0.341 e. The summed E-state index contributed by atoms with van der Waals surface area (Å²) in [7, 11) is 1.61. The van der Waals surface area contributed by atoms with Crippen molar-refractivity contribution in [3.05, 3.63) is 86.3 Å². The van der Waals surface area contributed by atoms with Crippen LogP contribution in [0.4, 0.5) is 4.39 Å². The van der Waals surface area contributed by atoms with Crippen molar-refractivity contribution in [2.24, 2.45) is 5.92 Å². The first-order valence-electron chi connectivity index (χ1n) is 10.5. The summed E-state index contributed by atoms with van der Waals surface area (Å²) < 4.78 is 33.5. The number of ether oxygens (including phenoxy) is 3. The number of halogens is 2. The number of carboxylic acids is 1. The number of hydrogen-bond acceptors (Lipinski definition) is 5. The number of benzene rings is 1. The first-order valence-corrected chi connectivity index (χ1v) is 10.8. The lowest BCUT2D eigenvalue weighted by atomic mass is 9.86. The number of hydrogen-bond donors (Lipinski definition) is 1. The molecule has 2 aliphatic rings. The molecule has 0 fully saturated rings. The fourth-order valence-electron chi connectivity index (χ4n) is 4.15. The monoisotopic (exact) mass is 475 g/mol. The average molecular weight is 476 g/mol. The molecule has 1 aromatic heterocycles. The van der Waals surface area contributed by atoms with Crippen LogP contribution in [0.3, 0.4) is 0 Å². The van der Waals surface area contributed by atoms with Crippen molar-refractivity contribution < 1.29 is 28.5 Å². The van der Waals surface area contributed by atoms with E-state index in [4.69, 9.17) is 25.8 Å². The molecule has 1 aromatic carbocycles. The summed E-state index contributed by atoms with van der Waals surface area (Å²) in [6.07, 6.45) is 1.93. The number of rotatable bonds is 7. The summed E-state index contributed by atoms with van der Waals surface area (Å²) in [6, 6.07) is 7.32. The lowest BCUT2D eigenvalue weighted by Gasteiger charge is -2.41. The molecular formula is C24H23ClFNO6. The number of aromatic carboxylic acids is 1. The highest BCUT2D eigenvalue weighted by Crippen LogP contribution is 2.45. The Bertz CT molecular complexity index is 1200. The summed E-state index contributed by atoms with van der Waals surface area (Å²) in [5.41, 5.74) is 0.136. The topological polar surface area (TPSA) is 87.0 Å². The number of nitrogens with zero attached hydrogens (tertiary/aromatic N) is 1. The lowest BCUT2D eigenvalue weighted by molar-refractivity contribution is -0.0428. The zero-order valence-electron chi connectivity index (χ0n) is 18.1. The van der Waals surface area contributed by atoms with E-state index in [0.717, 1.165) is 0 Å². The summed E-state index contributed by atoms with van der Waals surface area (Å²) >= 11 is 6.53. The van der Waals surface area contributed by atoms with Crippen molar-refractivity contribution in [2.45, 2.75) is 25.7 Å². The minimum atomic E-state index is -1.37. The standard InChI is InChI=1S/C24H23ClFNO6/c1-13-21-15(10-17(25)22(13)32-9-5-8-31-2)19-11-20(28)16(24(29)30)12-27(19)23(33-21)14-6-3-4-7-18(14)26/h3-4,6-7,10-13,21,23H,5,8-9H2,1-2H3,(H,29,30).